The van der Waals surface area contributed by atoms with Crippen molar-refractivity contribution in [1.29, 1.82) is 0 Å². The lowest BCUT2D eigenvalue weighted by atomic mass is 10.0. The van der Waals surface area contributed by atoms with E-state index in [2.05, 4.69) is 5.32 Å². The number of benzene rings is 3. The van der Waals surface area contributed by atoms with Gasteiger partial charge >= 0.3 is 0 Å². The lowest BCUT2D eigenvalue weighted by Gasteiger charge is -2.32. The molecule has 1 aliphatic rings. The number of thioether (sulfide) groups is 1. The van der Waals surface area contributed by atoms with Crippen LogP contribution in [-0.2, 0) is 28.3 Å². The van der Waals surface area contributed by atoms with Gasteiger partial charge in [-0.2, -0.15) is 0 Å². The van der Waals surface area contributed by atoms with E-state index < -0.39 is 6.04 Å². The van der Waals surface area contributed by atoms with Crippen molar-refractivity contribution < 1.29 is 14.0 Å². The second kappa shape index (κ2) is 13.6. The Kier molecular flexibility index (Phi) is 10.0. The minimum atomic E-state index is -0.668. The average molecular weight is 539 g/mol. The minimum Gasteiger partial charge on any atom is -0.352 e. The number of carbonyl (C=O) groups excluding carboxylic acids is 2. The van der Waals surface area contributed by atoms with Gasteiger partial charge in [0.05, 0.1) is 5.75 Å². The third-order valence-corrected chi connectivity index (χ3v) is 8.04. The molecule has 194 valence electrons. The molecule has 1 atom stereocenters. The van der Waals surface area contributed by atoms with Crippen molar-refractivity contribution in [2.24, 2.45) is 0 Å². The first kappa shape index (κ1) is 27.2. The number of amides is 2. The van der Waals surface area contributed by atoms with Crippen molar-refractivity contribution in [2.75, 3.05) is 5.75 Å². The van der Waals surface area contributed by atoms with Gasteiger partial charge in [-0.05, 0) is 47.7 Å². The normalized spacial score (nSPS) is 14.3. The Bertz CT molecular complexity index is 1170. The minimum absolute atomic E-state index is 0.125. The van der Waals surface area contributed by atoms with Gasteiger partial charge in [-0.15, -0.1) is 11.8 Å². The Balaban J connectivity index is 1.56. The van der Waals surface area contributed by atoms with E-state index in [4.69, 9.17) is 11.6 Å². The number of hydrogen-bond donors (Lipinski definition) is 1. The van der Waals surface area contributed by atoms with E-state index >= 15 is 0 Å². The first-order valence-corrected chi connectivity index (χ1v) is 14.2. The number of nitrogens with one attached hydrogen (secondary N) is 1. The Hall–Kier alpha value is -2.83. The van der Waals surface area contributed by atoms with Crippen molar-refractivity contribution in [2.45, 2.75) is 56.5 Å². The van der Waals surface area contributed by atoms with Crippen LogP contribution in [0.25, 0.3) is 0 Å². The van der Waals surface area contributed by atoms with E-state index in [9.17, 15) is 14.0 Å². The summed E-state index contributed by atoms with van der Waals surface area (Å²) in [5.74, 6) is 0.231. The number of rotatable bonds is 11. The summed E-state index contributed by atoms with van der Waals surface area (Å²) >= 11 is 7.93. The summed E-state index contributed by atoms with van der Waals surface area (Å²) in [5.41, 5.74) is 2.73. The summed E-state index contributed by atoms with van der Waals surface area (Å²) in [6.07, 6.45) is 4.57. The zero-order valence-electron chi connectivity index (χ0n) is 20.7. The van der Waals surface area contributed by atoms with E-state index in [1.165, 1.54) is 23.9 Å². The van der Waals surface area contributed by atoms with E-state index in [1.807, 2.05) is 48.5 Å². The van der Waals surface area contributed by atoms with Crippen LogP contribution in [0.2, 0.25) is 5.02 Å². The topological polar surface area (TPSA) is 49.4 Å². The predicted molar refractivity (Wildman–Crippen MR) is 149 cm³/mol. The first-order chi connectivity index (χ1) is 18.0. The molecule has 0 aromatic heterocycles. The third-order valence-electron chi connectivity index (χ3n) is 6.68. The predicted octanol–water partition coefficient (Wildman–Crippen LogP) is 6.41. The highest BCUT2D eigenvalue weighted by atomic mass is 35.5. The van der Waals surface area contributed by atoms with Gasteiger partial charge in [-0.1, -0.05) is 85.1 Å². The zero-order valence-corrected chi connectivity index (χ0v) is 22.3. The maximum atomic E-state index is 13.7. The quantitative estimate of drug-likeness (QED) is 0.307. The van der Waals surface area contributed by atoms with Crippen LogP contribution in [0.3, 0.4) is 0 Å². The molecule has 4 rings (SSSR count). The average Bonchev–Trinajstić information content (AvgIpc) is 3.42. The van der Waals surface area contributed by atoms with Crippen molar-refractivity contribution in [3.05, 3.63) is 106 Å². The molecule has 0 bridgehead atoms. The van der Waals surface area contributed by atoms with E-state index in [1.54, 1.807) is 23.1 Å². The van der Waals surface area contributed by atoms with Gasteiger partial charge in [0, 0.05) is 29.8 Å². The fourth-order valence-electron chi connectivity index (χ4n) is 4.65. The molecule has 0 saturated heterocycles. The van der Waals surface area contributed by atoms with Gasteiger partial charge in [-0.3, -0.25) is 9.59 Å². The van der Waals surface area contributed by atoms with Crippen LogP contribution in [0.4, 0.5) is 4.39 Å². The van der Waals surface area contributed by atoms with Crippen LogP contribution < -0.4 is 5.32 Å². The van der Waals surface area contributed by atoms with E-state index in [0.29, 0.717) is 17.2 Å². The Morgan fingerprint density at radius 2 is 1.62 bits per heavy atom. The van der Waals surface area contributed by atoms with Crippen LogP contribution >= 0.6 is 23.4 Å². The number of halogens is 2. The highest BCUT2D eigenvalue weighted by Crippen LogP contribution is 2.23. The van der Waals surface area contributed by atoms with E-state index in [0.717, 1.165) is 42.4 Å². The molecule has 3 aromatic carbocycles. The maximum Gasteiger partial charge on any atom is 0.243 e. The summed E-state index contributed by atoms with van der Waals surface area (Å²) in [7, 11) is 0. The van der Waals surface area contributed by atoms with Crippen LogP contribution in [0.5, 0.6) is 0 Å². The molecule has 37 heavy (non-hydrogen) atoms. The molecule has 1 fully saturated rings. The van der Waals surface area contributed by atoms with Crippen LogP contribution in [-0.4, -0.2) is 34.6 Å². The molecule has 1 saturated carbocycles. The summed E-state index contributed by atoms with van der Waals surface area (Å²) in [4.78, 5) is 29.0. The second-order valence-corrected chi connectivity index (χ2v) is 10.8. The maximum absolute atomic E-state index is 13.7. The molecule has 0 heterocycles. The molecule has 1 aliphatic carbocycles. The van der Waals surface area contributed by atoms with Gasteiger partial charge in [0.1, 0.15) is 11.9 Å². The Labute approximate surface area is 227 Å². The number of hydrogen-bond acceptors (Lipinski definition) is 3. The molecular formula is C30H32ClFN2O2S. The smallest absolute Gasteiger partial charge is 0.243 e. The van der Waals surface area contributed by atoms with Gasteiger partial charge in [-0.25, -0.2) is 4.39 Å². The highest BCUT2D eigenvalue weighted by molar-refractivity contribution is 7.99. The fraction of sp³-hybridized carbons (Fsp3) is 0.333. The zero-order chi connectivity index (χ0) is 26.0. The molecule has 0 radical (unpaired) electrons. The van der Waals surface area contributed by atoms with Crippen molar-refractivity contribution >= 4 is 35.2 Å². The molecule has 0 spiro atoms. The fourth-order valence-corrected chi connectivity index (χ4v) is 5.72. The van der Waals surface area contributed by atoms with Crippen LogP contribution in [0, 0.1) is 5.82 Å². The molecule has 2 amide bonds. The molecule has 3 aromatic rings. The molecule has 0 unspecified atom stereocenters. The van der Waals surface area contributed by atoms with Gasteiger partial charge in [0.2, 0.25) is 11.8 Å². The van der Waals surface area contributed by atoms with Crippen molar-refractivity contribution in [1.82, 2.24) is 10.2 Å². The van der Waals surface area contributed by atoms with Crippen LogP contribution in [0.1, 0.15) is 42.4 Å². The summed E-state index contributed by atoms with van der Waals surface area (Å²) in [5, 5.41) is 3.78. The lowest BCUT2D eigenvalue weighted by molar-refractivity contribution is -0.139. The lowest BCUT2D eigenvalue weighted by Crippen LogP contribution is -2.52. The Morgan fingerprint density at radius 1 is 0.946 bits per heavy atom. The van der Waals surface area contributed by atoms with E-state index in [-0.39, 0.29) is 36.0 Å². The first-order valence-electron chi connectivity index (χ1n) is 12.7. The summed E-state index contributed by atoms with van der Waals surface area (Å²) in [6.45, 7) is 0.241. The van der Waals surface area contributed by atoms with Crippen molar-refractivity contribution in [3.63, 3.8) is 0 Å². The third kappa shape index (κ3) is 8.08. The number of carbonyl (C=O) groups is 2. The molecule has 1 N–H and O–H groups in total. The van der Waals surface area contributed by atoms with Gasteiger partial charge < -0.3 is 10.2 Å². The number of nitrogens with zero attached hydrogens (tertiary/aromatic N) is 1. The SMILES string of the molecule is O=C(NC1CCCC1)[C@@H](Cc1ccccc1)N(Cc1ccccc1Cl)C(=O)CSCc1ccc(F)cc1. The van der Waals surface area contributed by atoms with Crippen molar-refractivity contribution in [3.8, 4) is 0 Å². The summed E-state index contributed by atoms with van der Waals surface area (Å²) in [6, 6.07) is 23.0. The Morgan fingerprint density at radius 3 is 2.32 bits per heavy atom. The monoisotopic (exact) mass is 538 g/mol. The standard InChI is InChI=1S/C30H32ClFN2O2S/c31-27-13-7-4-10-24(27)19-34(29(35)21-37-20-23-14-16-25(32)17-15-23)28(18-22-8-2-1-3-9-22)30(36)33-26-11-5-6-12-26/h1-4,7-10,13-17,26,28H,5-6,11-12,18-21H2,(H,33,36)/t28-/m1/s1. The molecular weight excluding hydrogens is 507 g/mol. The van der Waals surface area contributed by atoms with Gasteiger partial charge in [0.25, 0.3) is 0 Å². The highest BCUT2D eigenvalue weighted by Gasteiger charge is 2.32. The summed E-state index contributed by atoms with van der Waals surface area (Å²) < 4.78 is 13.3. The molecule has 4 nitrogen and oxygen atoms in total. The molecule has 7 heteroatoms. The molecule has 0 aliphatic heterocycles. The van der Waals surface area contributed by atoms with Crippen LogP contribution in [0.15, 0.2) is 78.9 Å². The second-order valence-electron chi connectivity index (χ2n) is 9.43. The largest absolute Gasteiger partial charge is 0.352 e. The van der Waals surface area contributed by atoms with Gasteiger partial charge in [0.15, 0.2) is 0 Å².